The fraction of sp³-hybridized carbons (Fsp3) is 0.500. The molecule has 4 nitrogen and oxygen atoms in total. The van der Waals surface area contributed by atoms with Crippen molar-refractivity contribution in [2.75, 3.05) is 13.6 Å². The molecule has 0 fully saturated rings. The first-order chi connectivity index (χ1) is 5.84. The molecule has 0 aromatic rings. The number of halogens is 3. The Bertz CT molecular complexity index is 260. The fourth-order valence-corrected chi connectivity index (χ4v) is 0.939. The number of hydrogen-bond donors (Lipinski definition) is 1. The lowest BCUT2D eigenvalue weighted by atomic mass is 10.3. The summed E-state index contributed by atoms with van der Waals surface area (Å²) in [5.74, 6) is 4.95. The number of amides is 2. The van der Waals surface area contributed by atoms with E-state index in [4.69, 9.17) is 5.84 Å². The molecule has 0 aromatic carbocycles. The highest BCUT2D eigenvalue weighted by Crippen LogP contribution is 2.28. The van der Waals surface area contributed by atoms with Gasteiger partial charge in [0, 0.05) is 13.6 Å². The summed E-state index contributed by atoms with van der Waals surface area (Å²) in [6, 6.07) is -0.866. The number of nitrogens with two attached hydrogens (primary N) is 1. The van der Waals surface area contributed by atoms with E-state index in [1.165, 1.54) is 7.05 Å². The van der Waals surface area contributed by atoms with Crippen LogP contribution in [0.25, 0.3) is 0 Å². The van der Waals surface area contributed by atoms with Gasteiger partial charge in [0.15, 0.2) is 0 Å². The second-order valence-electron chi connectivity index (χ2n) is 2.62. The Morgan fingerprint density at radius 3 is 2.54 bits per heavy atom. The van der Waals surface area contributed by atoms with Gasteiger partial charge in [0.05, 0.1) is 0 Å². The van der Waals surface area contributed by atoms with E-state index in [0.29, 0.717) is 0 Å². The van der Waals surface area contributed by atoms with Gasteiger partial charge in [-0.05, 0) is 6.08 Å². The third-order valence-corrected chi connectivity index (χ3v) is 1.64. The molecule has 13 heavy (non-hydrogen) atoms. The lowest BCUT2D eigenvalue weighted by Gasteiger charge is -2.30. The normalized spacial score (nSPS) is 19.2. The molecule has 0 aliphatic carbocycles. The van der Waals surface area contributed by atoms with Gasteiger partial charge in [-0.15, -0.1) is 0 Å². The van der Waals surface area contributed by atoms with Crippen LogP contribution in [0.15, 0.2) is 11.8 Å². The number of nitrogens with zero attached hydrogens (tertiary/aromatic N) is 2. The average Bonchev–Trinajstić information content (AvgIpc) is 1.98. The van der Waals surface area contributed by atoms with Gasteiger partial charge in [0.2, 0.25) is 0 Å². The number of alkyl halides is 3. The Balaban J connectivity index is 2.95. The Morgan fingerprint density at radius 2 is 2.08 bits per heavy atom. The second kappa shape index (κ2) is 2.91. The van der Waals surface area contributed by atoms with Crippen molar-refractivity contribution in [2.45, 2.75) is 6.18 Å². The lowest BCUT2D eigenvalue weighted by molar-refractivity contribution is -0.110. The zero-order chi connectivity index (χ0) is 10.2. The number of urea groups is 1. The van der Waals surface area contributed by atoms with E-state index in [1.807, 2.05) is 0 Å². The number of rotatable bonds is 0. The molecule has 1 rings (SSSR count). The fourth-order valence-electron chi connectivity index (χ4n) is 0.939. The molecule has 0 unspecified atom stereocenters. The number of hydrogen-bond acceptors (Lipinski definition) is 2. The third kappa shape index (κ3) is 1.74. The molecule has 0 bridgehead atoms. The highest BCUT2D eigenvalue weighted by molar-refractivity contribution is 5.77. The van der Waals surface area contributed by atoms with Crippen LogP contribution >= 0.6 is 0 Å². The molecule has 74 valence electrons. The van der Waals surface area contributed by atoms with Crippen LogP contribution in [0, 0.1) is 0 Å². The van der Waals surface area contributed by atoms with Crippen LogP contribution in [0.4, 0.5) is 18.0 Å². The van der Waals surface area contributed by atoms with Crippen LogP contribution in [0.5, 0.6) is 0 Å². The topological polar surface area (TPSA) is 49.6 Å². The Labute approximate surface area is 72.4 Å². The molecule has 0 saturated carbocycles. The van der Waals surface area contributed by atoms with Crippen LogP contribution in [-0.2, 0) is 0 Å². The number of hydrazine groups is 1. The summed E-state index contributed by atoms with van der Waals surface area (Å²) in [6.07, 6.45) is -3.72. The SMILES string of the molecule is CN1CC=C(C(F)(F)F)N(N)C1=O. The van der Waals surface area contributed by atoms with E-state index in [0.717, 1.165) is 11.0 Å². The zero-order valence-corrected chi connectivity index (χ0v) is 6.80. The smallest absolute Gasteiger partial charge is 0.322 e. The van der Waals surface area contributed by atoms with Crippen molar-refractivity contribution in [1.29, 1.82) is 0 Å². The minimum atomic E-state index is -4.58. The van der Waals surface area contributed by atoms with Crippen molar-refractivity contribution in [2.24, 2.45) is 5.84 Å². The van der Waals surface area contributed by atoms with Crippen LogP contribution in [0.2, 0.25) is 0 Å². The predicted molar refractivity (Wildman–Crippen MR) is 38.2 cm³/mol. The van der Waals surface area contributed by atoms with E-state index in [2.05, 4.69) is 0 Å². The van der Waals surface area contributed by atoms with E-state index in [9.17, 15) is 18.0 Å². The summed E-state index contributed by atoms with van der Waals surface area (Å²) in [5.41, 5.74) is -1.12. The van der Waals surface area contributed by atoms with Crippen LogP contribution in [-0.4, -0.2) is 35.7 Å². The van der Waals surface area contributed by atoms with Crippen LogP contribution < -0.4 is 5.84 Å². The summed E-state index contributed by atoms with van der Waals surface area (Å²) in [4.78, 5) is 12.0. The highest BCUT2D eigenvalue weighted by atomic mass is 19.4. The number of carbonyl (C=O) groups excluding carboxylic acids is 1. The van der Waals surface area contributed by atoms with Gasteiger partial charge in [-0.2, -0.15) is 13.2 Å². The maximum Gasteiger partial charge on any atom is 0.432 e. The van der Waals surface area contributed by atoms with E-state index >= 15 is 0 Å². The molecule has 1 aliphatic rings. The van der Waals surface area contributed by atoms with Gasteiger partial charge in [-0.25, -0.2) is 15.6 Å². The van der Waals surface area contributed by atoms with Crippen molar-refractivity contribution >= 4 is 6.03 Å². The van der Waals surface area contributed by atoms with E-state index < -0.39 is 17.9 Å². The molecule has 7 heteroatoms. The number of allylic oxidation sites excluding steroid dienone is 1. The van der Waals surface area contributed by atoms with Gasteiger partial charge < -0.3 is 4.90 Å². The summed E-state index contributed by atoms with van der Waals surface area (Å²) in [7, 11) is 1.37. The van der Waals surface area contributed by atoms with Crippen molar-refractivity contribution < 1.29 is 18.0 Å². The van der Waals surface area contributed by atoms with Gasteiger partial charge in [0.1, 0.15) is 5.70 Å². The Hall–Kier alpha value is -1.24. The largest absolute Gasteiger partial charge is 0.432 e. The molecule has 2 N–H and O–H groups in total. The minimum Gasteiger partial charge on any atom is -0.322 e. The molecule has 0 radical (unpaired) electrons. The predicted octanol–water partition coefficient (Wildman–Crippen LogP) is 0.674. The van der Waals surface area contributed by atoms with Crippen LogP contribution in [0.3, 0.4) is 0 Å². The minimum absolute atomic E-state index is 0.0820. The average molecular weight is 195 g/mol. The number of likely N-dealkylation sites (N-methyl/N-ethyl adjacent to an activating group) is 1. The summed E-state index contributed by atoms with van der Waals surface area (Å²) in [5, 5.41) is 0.101. The third-order valence-electron chi connectivity index (χ3n) is 1.64. The molecule has 0 saturated heterocycles. The zero-order valence-electron chi connectivity index (χ0n) is 6.80. The molecular weight excluding hydrogens is 187 g/mol. The van der Waals surface area contributed by atoms with Crippen LogP contribution in [0.1, 0.15) is 0 Å². The van der Waals surface area contributed by atoms with Gasteiger partial charge in [-0.1, -0.05) is 0 Å². The van der Waals surface area contributed by atoms with Gasteiger partial charge in [0.25, 0.3) is 0 Å². The van der Waals surface area contributed by atoms with Crippen molar-refractivity contribution in [3.8, 4) is 0 Å². The first kappa shape index (κ1) is 9.85. The van der Waals surface area contributed by atoms with E-state index in [-0.39, 0.29) is 11.6 Å². The van der Waals surface area contributed by atoms with Gasteiger partial charge >= 0.3 is 12.2 Å². The van der Waals surface area contributed by atoms with Crippen molar-refractivity contribution in [3.05, 3.63) is 11.8 Å². The maximum absolute atomic E-state index is 12.1. The van der Waals surface area contributed by atoms with E-state index in [1.54, 1.807) is 0 Å². The summed E-state index contributed by atoms with van der Waals surface area (Å²) in [6.45, 7) is -0.0820. The standard InChI is InChI=1S/C6H8F3N3O/c1-11-3-2-4(6(7,8)9)12(10)5(11)13/h2H,3,10H2,1H3. The molecule has 1 aliphatic heterocycles. The molecular formula is C6H8F3N3O. The molecule has 0 spiro atoms. The molecule has 1 heterocycles. The monoisotopic (exact) mass is 195 g/mol. The highest BCUT2D eigenvalue weighted by Gasteiger charge is 2.41. The van der Waals surface area contributed by atoms with Gasteiger partial charge in [-0.3, -0.25) is 0 Å². The van der Waals surface area contributed by atoms with Crippen molar-refractivity contribution in [1.82, 2.24) is 9.91 Å². The first-order valence-corrected chi connectivity index (χ1v) is 3.41. The maximum atomic E-state index is 12.1. The Morgan fingerprint density at radius 1 is 1.54 bits per heavy atom. The molecule has 2 amide bonds. The van der Waals surface area contributed by atoms with Crippen molar-refractivity contribution in [3.63, 3.8) is 0 Å². The molecule has 0 aromatic heterocycles. The lowest BCUT2D eigenvalue weighted by Crippen LogP contribution is -2.51. The quantitative estimate of drug-likeness (QED) is 0.456. The molecule has 0 atom stereocenters. The first-order valence-electron chi connectivity index (χ1n) is 3.41. The second-order valence-corrected chi connectivity index (χ2v) is 2.62. The summed E-state index contributed by atoms with van der Waals surface area (Å²) < 4.78 is 36.4. The Kier molecular flexibility index (Phi) is 2.21. The number of carbonyl (C=O) groups is 1. The summed E-state index contributed by atoms with van der Waals surface area (Å²) >= 11 is 0.